The van der Waals surface area contributed by atoms with Crippen LogP contribution in [0.25, 0.3) is 0 Å². The van der Waals surface area contributed by atoms with Gasteiger partial charge >= 0.3 is 0 Å². The van der Waals surface area contributed by atoms with E-state index in [1.807, 2.05) is 0 Å². The molecule has 72 valence electrons. The Hall–Kier alpha value is -0.120. The summed E-state index contributed by atoms with van der Waals surface area (Å²) in [5, 5.41) is 3.48. The average molecular weight is 172 g/mol. The molecule has 3 atom stereocenters. The van der Waals surface area contributed by atoms with E-state index in [0.29, 0.717) is 24.7 Å². The largest absolute Gasteiger partial charge is 0.380 e. The van der Waals surface area contributed by atoms with Crippen molar-refractivity contribution < 1.29 is 4.74 Å². The molecular weight excluding hydrogens is 152 g/mol. The van der Waals surface area contributed by atoms with E-state index in [0.717, 1.165) is 0 Å². The van der Waals surface area contributed by atoms with Gasteiger partial charge in [0.05, 0.1) is 6.10 Å². The van der Waals surface area contributed by atoms with Crippen LogP contribution in [0.15, 0.2) is 0 Å². The second-order valence-electron chi connectivity index (χ2n) is 3.61. The molecule has 0 aromatic heterocycles. The standard InChI is InChI=1S/C9H20N2O/c1-7(6-10)11-8-4-3-5-9(8)12-2/h7-9,11H,3-6,10H2,1-2H3. The van der Waals surface area contributed by atoms with Gasteiger partial charge in [0.2, 0.25) is 0 Å². The second-order valence-corrected chi connectivity index (χ2v) is 3.61. The highest BCUT2D eigenvalue weighted by Gasteiger charge is 2.27. The van der Waals surface area contributed by atoms with Gasteiger partial charge in [-0.3, -0.25) is 0 Å². The smallest absolute Gasteiger partial charge is 0.0724 e. The molecule has 1 aliphatic rings. The van der Waals surface area contributed by atoms with Gasteiger partial charge in [-0.25, -0.2) is 0 Å². The summed E-state index contributed by atoms with van der Waals surface area (Å²) in [6, 6.07) is 0.930. The number of methoxy groups -OCH3 is 1. The zero-order chi connectivity index (χ0) is 8.97. The zero-order valence-electron chi connectivity index (χ0n) is 8.05. The van der Waals surface area contributed by atoms with Gasteiger partial charge in [-0.05, 0) is 26.2 Å². The lowest BCUT2D eigenvalue weighted by Gasteiger charge is -2.23. The highest BCUT2D eigenvalue weighted by atomic mass is 16.5. The molecule has 1 aliphatic carbocycles. The highest BCUT2D eigenvalue weighted by Crippen LogP contribution is 2.21. The zero-order valence-corrected chi connectivity index (χ0v) is 8.05. The maximum Gasteiger partial charge on any atom is 0.0724 e. The van der Waals surface area contributed by atoms with Crippen molar-refractivity contribution in [3.8, 4) is 0 Å². The highest BCUT2D eigenvalue weighted by molar-refractivity contribution is 4.85. The number of ether oxygens (including phenoxy) is 1. The summed E-state index contributed by atoms with van der Waals surface area (Å²) in [7, 11) is 1.79. The molecule has 0 amide bonds. The molecule has 0 aromatic rings. The lowest BCUT2D eigenvalue weighted by Crippen LogP contribution is -2.45. The number of hydrogen-bond donors (Lipinski definition) is 2. The van der Waals surface area contributed by atoms with Crippen LogP contribution in [-0.2, 0) is 4.74 Å². The molecule has 3 unspecified atom stereocenters. The Morgan fingerprint density at radius 3 is 2.92 bits per heavy atom. The minimum absolute atomic E-state index is 0.402. The predicted molar refractivity (Wildman–Crippen MR) is 50.1 cm³/mol. The van der Waals surface area contributed by atoms with E-state index < -0.39 is 0 Å². The first-order valence-corrected chi connectivity index (χ1v) is 4.76. The van der Waals surface area contributed by atoms with Gasteiger partial charge in [0, 0.05) is 25.7 Å². The molecule has 3 N–H and O–H groups in total. The van der Waals surface area contributed by atoms with Crippen molar-refractivity contribution in [1.29, 1.82) is 0 Å². The van der Waals surface area contributed by atoms with Crippen LogP contribution in [0.3, 0.4) is 0 Å². The molecule has 3 heteroatoms. The van der Waals surface area contributed by atoms with Crippen LogP contribution in [0.4, 0.5) is 0 Å². The Morgan fingerprint density at radius 1 is 1.58 bits per heavy atom. The van der Waals surface area contributed by atoms with Crippen LogP contribution in [0.1, 0.15) is 26.2 Å². The molecule has 3 nitrogen and oxygen atoms in total. The fourth-order valence-corrected chi connectivity index (χ4v) is 1.83. The average Bonchev–Trinajstić information content (AvgIpc) is 2.51. The molecule has 0 aliphatic heterocycles. The van der Waals surface area contributed by atoms with Crippen LogP contribution < -0.4 is 11.1 Å². The van der Waals surface area contributed by atoms with Crippen molar-refractivity contribution in [3.63, 3.8) is 0 Å². The number of nitrogens with one attached hydrogen (secondary N) is 1. The van der Waals surface area contributed by atoms with Crippen molar-refractivity contribution in [2.24, 2.45) is 5.73 Å². The minimum atomic E-state index is 0.402. The Bertz CT molecular complexity index is 130. The van der Waals surface area contributed by atoms with Crippen molar-refractivity contribution in [3.05, 3.63) is 0 Å². The molecule has 0 aromatic carbocycles. The third kappa shape index (κ3) is 2.44. The lowest BCUT2D eigenvalue weighted by atomic mass is 10.2. The number of rotatable bonds is 4. The molecule has 0 heterocycles. The molecule has 0 bridgehead atoms. The summed E-state index contributed by atoms with van der Waals surface area (Å²) in [6.07, 6.45) is 4.08. The fraction of sp³-hybridized carbons (Fsp3) is 1.00. The van der Waals surface area contributed by atoms with Crippen molar-refractivity contribution in [2.75, 3.05) is 13.7 Å². The first-order chi connectivity index (χ1) is 5.77. The van der Waals surface area contributed by atoms with E-state index in [1.165, 1.54) is 19.3 Å². The normalized spacial score (nSPS) is 32.2. The summed E-state index contributed by atoms with van der Waals surface area (Å²) in [5.41, 5.74) is 5.53. The minimum Gasteiger partial charge on any atom is -0.380 e. The quantitative estimate of drug-likeness (QED) is 0.649. The second kappa shape index (κ2) is 4.80. The van der Waals surface area contributed by atoms with E-state index in [1.54, 1.807) is 7.11 Å². The van der Waals surface area contributed by atoms with Crippen LogP contribution >= 0.6 is 0 Å². The molecule has 0 saturated heterocycles. The summed E-state index contributed by atoms with van der Waals surface area (Å²) in [5.74, 6) is 0. The van der Waals surface area contributed by atoms with E-state index in [-0.39, 0.29) is 0 Å². The Labute approximate surface area is 74.7 Å². The number of nitrogens with two attached hydrogens (primary N) is 1. The van der Waals surface area contributed by atoms with Crippen LogP contribution in [0, 0.1) is 0 Å². The van der Waals surface area contributed by atoms with Gasteiger partial charge in [-0.15, -0.1) is 0 Å². The van der Waals surface area contributed by atoms with E-state index in [4.69, 9.17) is 10.5 Å². The summed E-state index contributed by atoms with van der Waals surface area (Å²) in [4.78, 5) is 0. The first-order valence-electron chi connectivity index (χ1n) is 4.76. The van der Waals surface area contributed by atoms with Gasteiger partial charge in [0.1, 0.15) is 0 Å². The summed E-state index contributed by atoms with van der Waals surface area (Å²) in [6.45, 7) is 2.82. The molecule has 1 rings (SSSR count). The number of hydrogen-bond acceptors (Lipinski definition) is 3. The van der Waals surface area contributed by atoms with Gasteiger partial charge in [0.25, 0.3) is 0 Å². The van der Waals surface area contributed by atoms with E-state index >= 15 is 0 Å². The first kappa shape index (κ1) is 9.96. The van der Waals surface area contributed by atoms with Crippen LogP contribution in [0.5, 0.6) is 0 Å². The molecule has 12 heavy (non-hydrogen) atoms. The molecule has 1 saturated carbocycles. The van der Waals surface area contributed by atoms with Gasteiger partial charge < -0.3 is 15.8 Å². The Kier molecular flexibility index (Phi) is 3.98. The van der Waals surface area contributed by atoms with E-state index in [2.05, 4.69) is 12.2 Å². The SMILES string of the molecule is COC1CCCC1NC(C)CN. The molecule has 0 spiro atoms. The lowest BCUT2D eigenvalue weighted by molar-refractivity contribution is 0.0823. The third-order valence-corrected chi connectivity index (χ3v) is 2.61. The van der Waals surface area contributed by atoms with Crippen LogP contribution in [-0.4, -0.2) is 31.8 Å². The third-order valence-electron chi connectivity index (χ3n) is 2.61. The van der Waals surface area contributed by atoms with Gasteiger partial charge in [-0.1, -0.05) is 0 Å². The van der Waals surface area contributed by atoms with E-state index in [9.17, 15) is 0 Å². The topological polar surface area (TPSA) is 47.3 Å². The van der Waals surface area contributed by atoms with Crippen molar-refractivity contribution >= 4 is 0 Å². The molecular formula is C9H20N2O. The van der Waals surface area contributed by atoms with Crippen molar-refractivity contribution in [1.82, 2.24) is 5.32 Å². The van der Waals surface area contributed by atoms with Gasteiger partial charge in [-0.2, -0.15) is 0 Å². The predicted octanol–water partition coefficient (Wildman–Crippen LogP) is 0.491. The van der Waals surface area contributed by atoms with Crippen molar-refractivity contribution in [2.45, 2.75) is 44.4 Å². The van der Waals surface area contributed by atoms with Gasteiger partial charge in [0.15, 0.2) is 0 Å². The monoisotopic (exact) mass is 172 g/mol. The summed E-state index contributed by atoms with van der Waals surface area (Å²) >= 11 is 0. The maximum atomic E-state index is 5.53. The Morgan fingerprint density at radius 2 is 2.33 bits per heavy atom. The summed E-state index contributed by atoms with van der Waals surface area (Å²) < 4.78 is 5.37. The molecule has 0 radical (unpaired) electrons. The molecule has 1 fully saturated rings. The maximum absolute atomic E-state index is 5.53. The fourth-order valence-electron chi connectivity index (χ4n) is 1.83. The Balaban J connectivity index is 2.30. The van der Waals surface area contributed by atoms with Crippen LogP contribution in [0.2, 0.25) is 0 Å².